The third kappa shape index (κ3) is 1.89. The van der Waals surface area contributed by atoms with Gasteiger partial charge in [-0.25, -0.2) is 0 Å². The summed E-state index contributed by atoms with van der Waals surface area (Å²) in [5.74, 6) is 0.388. The van der Waals surface area contributed by atoms with Crippen molar-refractivity contribution >= 4 is 0 Å². The first-order valence-corrected chi connectivity index (χ1v) is 6.54. The second-order valence-electron chi connectivity index (χ2n) is 5.64. The Morgan fingerprint density at radius 2 is 1.94 bits per heavy atom. The summed E-state index contributed by atoms with van der Waals surface area (Å²) in [7, 11) is 4.13. The maximum absolute atomic E-state index is 10.4. The van der Waals surface area contributed by atoms with Gasteiger partial charge in [0.2, 0.25) is 0 Å². The second kappa shape index (κ2) is 4.10. The zero-order valence-corrected chi connectivity index (χ0v) is 10.6. The van der Waals surface area contributed by atoms with E-state index < -0.39 is 0 Å². The quantitative estimate of drug-likeness (QED) is 0.840. The number of hydrogen-bond donors (Lipinski definition) is 1. The number of nitrogens with zero attached hydrogens (tertiary/aromatic N) is 3. The molecule has 0 aromatic carbocycles. The molecule has 94 valence electrons. The lowest BCUT2D eigenvalue weighted by atomic mass is 9.85. The highest BCUT2D eigenvalue weighted by atomic mass is 16.3. The molecule has 2 fully saturated rings. The lowest BCUT2D eigenvalue weighted by molar-refractivity contribution is 0.0330. The fourth-order valence-corrected chi connectivity index (χ4v) is 3.54. The monoisotopic (exact) mass is 235 g/mol. The number of aliphatic hydroxyl groups is 1. The van der Waals surface area contributed by atoms with E-state index in [1.54, 1.807) is 4.68 Å². The molecule has 3 atom stereocenters. The molecule has 1 N–H and O–H groups in total. The molecular formula is C13H21N3O. The van der Waals surface area contributed by atoms with Crippen LogP contribution in [0.1, 0.15) is 37.5 Å². The highest BCUT2D eigenvalue weighted by Gasteiger charge is 2.41. The average Bonchev–Trinajstić information content (AvgIpc) is 2.79. The van der Waals surface area contributed by atoms with Gasteiger partial charge < -0.3 is 10.0 Å². The highest BCUT2D eigenvalue weighted by molar-refractivity contribution is 5.07. The largest absolute Gasteiger partial charge is 0.386 e. The van der Waals surface area contributed by atoms with Gasteiger partial charge in [-0.15, -0.1) is 0 Å². The topological polar surface area (TPSA) is 41.3 Å². The van der Waals surface area contributed by atoms with E-state index in [2.05, 4.69) is 17.0 Å². The molecule has 2 aliphatic heterocycles. The maximum Gasteiger partial charge on any atom is 0.101 e. The van der Waals surface area contributed by atoms with E-state index in [0.717, 1.165) is 18.5 Å². The Bertz CT molecular complexity index is 389. The molecule has 3 heterocycles. The third-order valence-corrected chi connectivity index (χ3v) is 4.62. The van der Waals surface area contributed by atoms with E-state index in [0.29, 0.717) is 18.0 Å². The summed E-state index contributed by atoms with van der Waals surface area (Å²) < 4.78 is 1.77. The maximum atomic E-state index is 10.4. The summed E-state index contributed by atoms with van der Waals surface area (Å²) in [6, 6.07) is 3.29. The Kier molecular flexibility index (Phi) is 2.71. The fourth-order valence-electron chi connectivity index (χ4n) is 3.54. The van der Waals surface area contributed by atoms with Gasteiger partial charge in [0.25, 0.3) is 0 Å². The Hall–Kier alpha value is -0.870. The Balaban J connectivity index is 1.74. The zero-order chi connectivity index (χ0) is 12.0. The minimum absolute atomic E-state index is 0.381. The summed E-state index contributed by atoms with van der Waals surface area (Å²) in [6.45, 7) is 0. The highest BCUT2D eigenvalue weighted by Crippen LogP contribution is 2.42. The minimum Gasteiger partial charge on any atom is -0.386 e. The molecule has 4 heteroatoms. The van der Waals surface area contributed by atoms with Gasteiger partial charge in [-0.2, -0.15) is 5.10 Å². The van der Waals surface area contributed by atoms with Gasteiger partial charge in [0.15, 0.2) is 0 Å². The van der Waals surface area contributed by atoms with Crippen LogP contribution in [0.25, 0.3) is 0 Å². The fraction of sp³-hybridized carbons (Fsp3) is 0.769. The summed E-state index contributed by atoms with van der Waals surface area (Å²) >= 11 is 0. The second-order valence-corrected chi connectivity index (χ2v) is 5.64. The first kappa shape index (κ1) is 11.2. The van der Waals surface area contributed by atoms with Crippen molar-refractivity contribution in [2.24, 2.45) is 13.0 Å². The van der Waals surface area contributed by atoms with Crippen molar-refractivity contribution in [2.45, 2.75) is 43.9 Å². The van der Waals surface area contributed by atoms with Crippen LogP contribution < -0.4 is 0 Å². The molecule has 2 saturated heterocycles. The van der Waals surface area contributed by atoms with E-state index in [1.807, 2.05) is 19.3 Å². The molecule has 2 bridgehead atoms. The summed E-state index contributed by atoms with van der Waals surface area (Å²) in [4.78, 5) is 2.50. The first-order valence-electron chi connectivity index (χ1n) is 6.54. The Morgan fingerprint density at radius 3 is 2.47 bits per heavy atom. The van der Waals surface area contributed by atoms with Crippen LogP contribution >= 0.6 is 0 Å². The van der Waals surface area contributed by atoms with Crippen LogP contribution in [0.15, 0.2) is 12.3 Å². The van der Waals surface area contributed by atoms with E-state index >= 15 is 0 Å². The van der Waals surface area contributed by atoms with Gasteiger partial charge >= 0.3 is 0 Å². The van der Waals surface area contributed by atoms with Gasteiger partial charge in [0, 0.05) is 25.3 Å². The SMILES string of the molecule is CN1C2CCC1CC(C(O)c1ccn(C)n1)C2. The van der Waals surface area contributed by atoms with Crippen molar-refractivity contribution in [3.8, 4) is 0 Å². The van der Waals surface area contributed by atoms with Crippen LogP contribution in [-0.4, -0.2) is 38.9 Å². The summed E-state index contributed by atoms with van der Waals surface area (Å²) in [5, 5.41) is 14.7. The molecule has 4 nitrogen and oxygen atoms in total. The number of aryl methyl sites for hydroxylation is 1. The van der Waals surface area contributed by atoms with Crippen LogP contribution in [-0.2, 0) is 7.05 Å². The molecule has 0 radical (unpaired) electrons. The molecule has 2 aliphatic rings. The van der Waals surface area contributed by atoms with Crippen LogP contribution in [0, 0.1) is 5.92 Å². The lowest BCUT2D eigenvalue weighted by Gasteiger charge is -2.37. The van der Waals surface area contributed by atoms with E-state index in [-0.39, 0.29) is 6.10 Å². The molecule has 3 rings (SSSR count). The number of aliphatic hydroxyl groups excluding tert-OH is 1. The van der Waals surface area contributed by atoms with Gasteiger partial charge in [0.1, 0.15) is 6.10 Å². The van der Waals surface area contributed by atoms with Crippen LogP contribution in [0.3, 0.4) is 0 Å². The molecular weight excluding hydrogens is 214 g/mol. The number of hydrogen-bond acceptors (Lipinski definition) is 3. The van der Waals surface area contributed by atoms with Crippen molar-refractivity contribution < 1.29 is 5.11 Å². The summed E-state index contributed by atoms with van der Waals surface area (Å²) in [6.07, 6.45) is 6.35. The molecule has 17 heavy (non-hydrogen) atoms. The van der Waals surface area contributed by atoms with E-state index in [9.17, 15) is 5.11 Å². The normalized spacial score (nSPS) is 35.1. The van der Waals surface area contributed by atoms with E-state index in [1.165, 1.54) is 12.8 Å². The third-order valence-electron chi connectivity index (χ3n) is 4.62. The number of rotatable bonds is 2. The molecule has 1 aromatic rings. The number of piperidine rings is 1. The number of aromatic nitrogens is 2. The predicted molar refractivity (Wildman–Crippen MR) is 65.5 cm³/mol. The van der Waals surface area contributed by atoms with Crippen molar-refractivity contribution in [1.29, 1.82) is 0 Å². The molecule has 0 spiro atoms. The average molecular weight is 235 g/mol. The summed E-state index contributed by atoms with van der Waals surface area (Å²) in [5.41, 5.74) is 0.835. The van der Waals surface area contributed by atoms with Gasteiger partial charge in [-0.1, -0.05) is 0 Å². The van der Waals surface area contributed by atoms with Gasteiger partial charge in [0.05, 0.1) is 5.69 Å². The standard InChI is InChI=1S/C13H21N3O/c1-15-6-5-12(14-15)13(17)9-7-10-3-4-11(8-9)16(10)2/h5-6,9-11,13,17H,3-4,7-8H2,1-2H3. The van der Waals surface area contributed by atoms with Crippen molar-refractivity contribution in [2.75, 3.05) is 7.05 Å². The van der Waals surface area contributed by atoms with Crippen LogP contribution in [0.4, 0.5) is 0 Å². The Labute approximate surface area is 102 Å². The smallest absolute Gasteiger partial charge is 0.101 e. The minimum atomic E-state index is -0.381. The van der Waals surface area contributed by atoms with Gasteiger partial charge in [-0.05, 0) is 44.7 Å². The molecule has 0 saturated carbocycles. The molecule has 3 unspecified atom stereocenters. The van der Waals surface area contributed by atoms with Crippen LogP contribution in [0.5, 0.6) is 0 Å². The van der Waals surface area contributed by atoms with Gasteiger partial charge in [-0.3, -0.25) is 4.68 Å². The van der Waals surface area contributed by atoms with Crippen molar-refractivity contribution in [1.82, 2.24) is 14.7 Å². The molecule has 1 aromatic heterocycles. The predicted octanol–water partition coefficient (Wildman–Crippen LogP) is 1.33. The van der Waals surface area contributed by atoms with E-state index in [4.69, 9.17) is 0 Å². The molecule has 0 aliphatic carbocycles. The number of fused-ring (bicyclic) bond motifs is 2. The Morgan fingerprint density at radius 1 is 1.29 bits per heavy atom. The van der Waals surface area contributed by atoms with Crippen molar-refractivity contribution in [3.05, 3.63) is 18.0 Å². The molecule has 0 amide bonds. The van der Waals surface area contributed by atoms with Crippen molar-refractivity contribution in [3.63, 3.8) is 0 Å². The lowest BCUT2D eigenvalue weighted by Crippen LogP contribution is -2.41. The zero-order valence-electron chi connectivity index (χ0n) is 10.6. The van der Waals surface area contributed by atoms with Crippen LogP contribution in [0.2, 0.25) is 0 Å². The first-order chi connectivity index (χ1) is 8.15.